The topological polar surface area (TPSA) is 93.0 Å². The summed E-state index contributed by atoms with van der Waals surface area (Å²) in [5, 5.41) is 7.10. The first-order chi connectivity index (χ1) is 13.7. The number of carbonyl (C=O) groups is 2. The molecule has 1 N–H and O–H groups in total. The first kappa shape index (κ1) is 17.8. The van der Waals surface area contributed by atoms with E-state index in [2.05, 4.69) is 20.4 Å². The van der Waals surface area contributed by atoms with Crippen LogP contribution in [-0.4, -0.2) is 43.0 Å². The first-order valence-electron chi connectivity index (χ1n) is 9.09. The average Bonchev–Trinajstić information content (AvgIpc) is 3.38. The molecule has 1 fully saturated rings. The molecule has 142 valence electrons. The highest BCUT2D eigenvalue weighted by atomic mass is 16.2. The fraction of sp³-hybridized carbons (Fsp3) is 0.250. The van der Waals surface area contributed by atoms with Crippen LogP contribution in [-0.2, 0) is 22.7 Å². The molecule has 3 aromatic rings. The molecule has 0 radical (unpaired) electrons. The normalized spacial score (nSPS) is 16.4. The van der Waals surface area contributed by atoms with Crippen molar-refractivity contribution < 1.29 is 9.59 Å². The zero-order valence-electron chi connectivity index (χ0n) is 15.2. The van der Waals surface area contributed by atoms with Crippen molar-refractivity contribution in [2.24, 2.45) is 5.92 Å². The molecule has 2 aromatic heterocycles. The summed E-state index contributed by atoms with van der Waals surface area (Å²) in [6.07, 6.45) is 5.01. The van der Waals surface area contributed by atoms with E-state index in [1.807, 2.05) is 42.5 Å². The smallest absolute Gasteiger partial charge is 0.225 e. The zero-order valence-corrected chi connectivity index (χ0v) is 15.2. The summed E-state index contributed by atoms with van der Waals surface area (Å²) in [5.41, 5.74) is 2.61. The number of nitrogens with zero attached hydrogens (tertiary/aromatic N) is 5. The number of hydrogen-bond acceptors (Lipinski definition) is 5. The Hall–Kier alpha value is -3.55. The molecule has 1 aliphatic rings. The van der Waals surface area contributed by atoms with Gasteiger partial charge in [-0.2, -0.15) is 5.10 Å². The van der Waals surface area contributed by atoms with Crippen LogP contribution in [0.5, 0.6) is 0 Å². The predicted molar refractivity (Wildman–Crippen MR) is 101 cm³/mol. The number of hydrogen-bond donors (Lipinski definition) is 1. The van der Waals surface area contributed by atoms with Crippen molar-refractivity contribution in [1.29, 1.82) is 0 Å². The molecule has 0 saturated carbocycles. The minimum absolute atomic E-state index is 0.0196. The Kier molecular flexibility index (Phi) is 5.09. The molecule has 1 saturated heterocycles. The van der Waals surface area contributed by atoms with Crippen molar-refractivity contribution in [2.75, 3.05) is 6.54 Å². The van der Waals surface area contributed by atoms with E-state index >= 15 is 0 Å². The van der Waals surface area contributed by atoms with Gasteiger partial charge in [0, 0.05) is 25.7 Å². The Bertz CT molecular complexity index is 958. The van der Waals surface area contributed by atoms with Gasteiger partial charge in [0.25, 0.3) is 0 Å². The lowest BCUT2D eigenvalue weighted by molar-refractivity contribution is -0.129. The molecular formula is C20H20N6O2. The van der Waals surface area contributed by atoms with E-state index in [1.54, 1.807) is 22.1 Å². The summed E-state index contributed by atoms with van der Waals surface area (Å²) >= 11 is 0. The second-order valence-electron chi connectivity index (χ2n) is 6.68. The van der Waals surface area contributed by atoms with Crippen LogP contribution in [0.3, 0.4) is 0 Å². The summed E-state index contributed by atoms with van der Waals surface area (Å²) < 4.78 is 1.66. The molecule has 1 atom stereocenters. The van der Waals surface area contributed by atoms with E-state index in [9.17, 15) is 9.59 Å². The number of likely N-dealkylation sites (tertiary alicyclic amines) is 1. The van der Waals surface area contributed by atoms with Crippen molar-refractivity contribution in [3.05, 3.63) is 72.6 Å². The Morgan fingerprint density at radius 2 is 2.04 bits per heavy atom. The van der Waals surface area contributed by atoms with Gasteiger partial charge in [-0.15, -0.1) is 0 Å². The lowest BCUT2D eigenvalue weighted by Gasteiger charge is -2.16. The van der Waals surface area contributed by atoms with Gasteiger partial charge in [0.05, 0.1) is 23.8 Å². The van der Waals surface area contributed by atoms with Crippen molar-refractivity contribution in [1.82, 2.24) is 30.0 Å². The van der Waals surface area contributed by atoms with Crippen LogP contribution in [0.15, 0.2) is 61.3 Å². The molecule has 8 nitrogen and oxygen atoms in total. The van der Waals surface area contributed by atoms with Gasteiger partial charge in [-0.1, -0.05) is 24.3 Å². The average molecular weight is 376 g/mol. The number of pyridine rings is 1. The van der Waals surface area contributed by atoms with E-state index in [4.69, 9.17) is 0 Å². The number of nitrogens with one attached hydrogen (secondary N) is 1. The molecule has 4 rings (SSSR count). The highest BCUT2D eigenvalue weighted by molar-refractivity contribution is 5.89. The molecule has 1 unspecified atom stereocenters. The van der Waals surface area contributed by atoms with Crippen LogP contribution in [0.2, 0.25) is 0 Å². The monoisotopic (exact) mass is 376 g/mol. The Morgan fingerprint density at radius 3 is 2.82 bits per heavy atom. The second kappa shape index (κ2) is 7.99. The highest BCUT2D eigenvalue weighted by Crippen LogP contribution is 2.20. The molecule has 0 spiro atoms. The number of para-hydroxylation sites is 1. The lowest BCUT2D eigenvalue weighted by Crippen LogP contribution is -2.32. The van der Waals surface area contributed by atoms with Crippen LogP contribution in [0, 0.1) is 5.92 Å². The van der Waals surface area contributed by atoms with Crippen molar-refractivity contribution in [2.45, 2.75) is 19.5 Å². The number of benzene rings is 1. The van der Waals surface area contributed by atoms with Gasteiger partial charge in [-0.05, 0) is 23.8 Å². The van der Waals surface area contributed by atoms with Gasteiger partial charge in [-0.25, -0.2) is 9.67 Å². The Balaban J connectivity index is 1.37. The quantitative estimate of drug-likeness (QED) is 0.701. The van der Waals surface area contributed by atoms with Crippen molar-refractivity contribution in [3.63, 3.8) is 0 Å². The summed E-state index contributed by atoms with van der Waals surface area (Å²) in [4.78, 5) is 34.8. The second-order valence-corrected chi connectivity index (χ2v) is 6.68. The molecule has 8 heteroatoms. The fourth-order valence-electron chi connectivity index (χ4n) is 3.33. The summed E-state index contributed by atoms with van der Waals surface area (Å²) in [7, 11) is 0. The van der Waals surface area contributed by atoms with E-state index in [-0.39, 0.29) is 24.2 Å². The van der Waals surface area contributed by atoms with Gasteiger partial charge in [0.2, 0.25) is 11.8 Å². The zero-order chi connectivity index (χ0) is 19.3. The molecule has 1 aliphatic heterocycles. The lowest BCUT2D eigenvalue weighted by atomic mass is 10.1. The molecule has 0 aliphatic carbocycles. The van der Waals surface area contributed by atoms with Crippen LogP contribution in [0.25, 0.3) is 5.69 Å². The van der Waals surface area contributed by atoms with Gasteiger partial charge >= 0.3 is 0 Å². The fourth-order valence-corrected chi connectivity index (χ4v) is 3.33. The van der Waals surface area contributed by atoms with Crippen LogP contribution >= 0.6 is 0 Å². The molecule has 3 heterocycles. The number of amides is 2. The predicted octanol–water partition coefficient (Wildman–Crippen LogP) is 1.33. The third-order valence-electron chi connectivity index (χ3n) is 4.77. The first-order valence-corrected chi connectivity index (χ1v) is 9.09. The third-order valence-corrected chi connectivity index (χ3v) is 4.77. The Labute approximate surface area is 162 Å². The minimum atomic E-state index is -0.352. The number of rotatable bonds is 6. The largest absolute Gasteiger partial charge is 0.352 e. The van der Waals surface area contributed by atoms with Gasteiger partial charge in [0.1, 0.15) is 12.7 Å². The maximum atomic E-state index is 12.6. The number of carbonyl (C=O) groups excluding carboxylic acids is 2. The standard InChI is InChI=1S/C20H20N6O2/c27-19-9-16(11-25(19)12-17-6-3-4-8-22-17)20(28)23-10-15-5-1-2-7-18(15)26-14-21-13-24-26/h1-8,13-14,16H,9-12H2,(H,23,28). The number of aromatic nitrogens is 4. The molecule has 1 aromatic carbocycles. The van der Waals surface area contributed by atoms with Crippen molar-refractivity contribution in [3.8, 4) is 5.69 Å². The van der Waals surface area contributed by atoms with Crippen LogP contribution < -0.4 is 5.32 Å². The van der Waals surface area contributed by atoms with Crippen molar-refractivity contribution >= 4 is 11.8 Å². The minimum Gasteiger partial charge on any atom is -0.352 e. The van der Waals surface area contributed by atoms with E-state index in [0.29, 0.717) is 19.6 Å². The Morgan fingerprint density at radius 1 is 1.18 bits per heavy atom. The molecule has 0 bridgehead atoms. The van der Waals surface area contributed by atoms with Crippen LogP contribution in [0.1, 0.15) is 17.7 Å². The molecular weight excluding hydrogens is 356 g/mol. The van der Waals surface area contributed by atoms with E-state index in [1.165, 1.54) is 6.33 Å². The van der Waals surface area contributed by atoms with Gasteiger partial charge < -0.3 is 10.2 Å². The third kappa shape index (κ3) is 3.90. The van der Waals surface area contributed by atoms with E-state index < -0.39 is 0 Å². The van der Waals surface area contributed by atoms with Gasteiger partial charge in [0.15, 0.2) is 0 Å². The summed E-state index contributed by atoms with van der Waals surface area (Å²) in [5.74, 6) is -0.492. The summed E-state index contributed by atoms with van der Waals surface area (Å²) in [6.45, 7) is 1.20. The van der Waals surface area contributed by atoms with Crippen LogP contribution in [0.4, 0.5) is 0 Å². The van der Waals surface area contributed by atoms with Gasteiger partial charge in [-0.3, -0.25) is 14.6 Å². The van der Waals surface area contributed by atoms with E-state index in [0.717, 1.165) is 16.9 Å². The SMILES string of the molecule is O=C(NCc1ccccc1-n1cncn1)C1CC(=O)N(Cc2ccccn2)C1. The molecule has 2 amide bonds. The molecule has 28 heavy (non-hydrogen) atoms. The maximum Gasteiger partial charge on any atom is 0.225 e. The maximum absolute atomic E-state index is 12.6. The summed E-state index contributed by atoms with van der Waals surface area (Å²) in [6, 6.07) is 13.3. The highest BCUT2D eigenvalue weighted by Gasteiger charge is 2.34.